The van der Waals surface area contributed by atoms with Crippen molar-refractivity contribution < 1.29 is 4.74 Å². The van der Waals surface area contributed by atoms with Crippen molar-refractivity contribution in [2.75, 3.05) is 0 Å². The average molecular weight is 298 g/mol. The number of hydrogen-bond acceptors (Lipinski definition) is 4. The van der Waals surface area contributed by atoms with Gasteiger partial charge in [-0.05, 0) is 53.2 Å². The molecule has 0 aliphatic rings. The number of aryl methyl sites for hydroxylation is 1. The largest absolute Gasteiger partial charge is 0.424 e. The first-order valence-electron chi connectivity index (χ1n) is 5.81. The van der Waals surface area contributed by atoms with E-state index in [-0.39, 0.29) is 16.6 Å². The fraction of sp³-hybridized carbons (Fsp3) is 0.308. The maximum Gasteiger partial charge on any atom is 0.327 e. The van der Waals surface area contributed by atoms with Crippen molar-refractivity contribution in [1.82, 2.24) is 15.0 Å². The number of halogens is 2. The van der Waals surface area contributed by atoms with Crippen LogP contribution in [0.5, 0.6) is 11.8 Å². The SMILES string of the molecule is Cc1ccc(C(C)C)cc1Oc1nc(Cl)nc(Cl)n1. The molecule has 0 aliphatic carbocycles. The first-order chi connectivity index (χ1) is 8.95. The van der Waals surface area contributed by atoms with Crippen LogP contribution >= 0.6 is 23.2 Å². The maximum atomic E-state index is 5.71. The molecule has 0 N–H and O–H groups in total. The van der Waals surface area contributed by atoms with Crippen molar-refractivity contribution >= 4 is 23.2 Å². The molecule has 100 valence electrons. The Hall–Kier alpha value is -1.39. The zero-order valence-corrected chi connectivity index (χ0v) is 12.3. The van der Waals surface area contributed by atoms with Gasteiger partial charge in [-0.25, -0.2) is 0 Å². The molecule has 0 radical (unpaired) electrons. The molecule has 1 aromatic carbocycles. The Morgan fingerprint density at radius 2 is 1.68 bits per heavy atom. The van der Waals surface area contributed by atoms with Crippen molar-refractivity contribution in [2.24, 2.45) is 0 Å². The van der Waals surface area contributed by atoms with E-state index < -0.39 is 0 Å². The third-order valence-corrected chi connectivity index (χ3v) is 2.98. The molecule has 2 aromatic rings. The molecule has 0 spiro atoms. The molecule has 1 heterocycles. The second kappa shape index (κ2) is 5.72. The molecule has 0 aliphatic heterocycles. The molecule has 0 atom stereocenters. The quantitative estimate of drug-likeness (QED) is 0.842. The summed E-state index contributed by atoms with van der Waals surface area (Å²) in [6.45, 7) is 6.18. The molecular formula is C13H13Cl2N3O. The van der Waals surface area contributed by atoms with Gasteiger partial charge in [0.2, 0.25) is 10.6 Å². The minimum absolute atomic E-state index is 0.00710. The molecule has 0 bridgehead atoms. The van der Waals surface area contributed by atoms with Crippen LogP contribution in [0.3, 0.4) is 0 Å². The number of ether oxygens (including phenoxy) is 1. The number of benzene rings is 1. The summed E-state index contributed by atoms with van der Waals surface area (Å²) in [4.78, 5) is 11.4. The van der Waals surface area contributed by atoms with Gasteiger partial charge in [0.1, 0.15) is 5.75 Å². The molecule has 2 rings (SSSR count). The van der Waals surface area contributed by atoms with Crippen LogP contribution in [0.2, 0.25) is 10.6 Å². The number of aromatic nitrogens is 3. The van der Waals surface area contributed by atoms with Crippen molar-refractivity contribution in [3.8, 4) is 11.8 Å². The topological polar surface area (TPSA) is 47.9 Å². The first kappa shape index (κ1) is 14.0. The zero-order chi connectivity index (χ0) is 14.0. The van der Waals surface area contributed by atoms with Crippen molar-refractivity contribution in [3.63, 3.8) is 0 Å². The Morgan fingerprint density at radius 3 is 2.26 bits per heavy atom. The van der Waals surface area contributed by atoms with Crippen LogP contribution in [0.15, 0.2) is 18.2 Å². The normalized spacial score (nSPS) is 10.8. The Bertz CT molecular complexity index is 582. The van der Waals surface area contributed by atoms with Gasteiger partial charge in [0.05, 0.1) is 0 Å². The lowest BCUT2D eigenvalue weighted by Gasteiger charge is -2.11. The van der Waals surface area contributed by atoms with Gasteiger partial charge >= 0.3 is 6.01 Å². The molecule has 1 aromatic heterocycles. The van der Waals surface area contributed by atoms with Gasteiger partial charge in [0, 0.05) is 0 Å². The lowest BCUT2D eigenvalue weighted by atomic mass is 10.0. The Morgan fingerprint density at radius 1 is 1.05 bits per heavy atom. The van der Waals surface area contributed by atoms with E-state index in [4.69, 9.17) is 27.9 Å². The highest BCUT2D eigenvalue weighted by atomic mass is 35.5. The Labute approximate surface area is 121 Å². The summed E-state index contributed by atoms with van der Waals surface area (Å²) in [5.74, 6) is 1.10. The lowest BCUT2D eigenvalue weighted by Crippen LogP contribution is -1.97. The number of hydrogen-bond donors (Lipinski definition) is 0. The summed E-state index contributed by atoms with van der Waals surface area (Å²) < 4.78 is 5.63. The first-order valence-corrected chi connectivity index (χ1v) is 6.57. The van der Waals surface area contributed by atoms with Gasteiger partial charge in [-0.2, -0.15) is 15.0 Å². The van der Waals surface area contributed by atoms with Crippen LogP contribution in [0.25, 0.3) is 0 Å². The predicted molar refractivity (Wildman–Crippen MR) is 75.2 cm³/mol. The third kappa shape index (κ3) is 3.55. The highest BCUT2D eigenvalue weighted by Crippen LogP contribution is 2.27. The summed E-state index contributed by atoms with van der Waals surface area (Å²) >= 11 is 11.4. The van der Waals surface area contributed by atoms with E-state index in [2.05, 4.69) is 34.9 Å². The van der Waals surface area contributed by atoms with Gasteiger partial charge in [0.25, 0.3) is 0 Å². The van der Waals surface area contributed by atoms with Crippen LogP contribution < -0.4 is 4.74 Å². The molecule has 6 heteroatoms. The van der Waals surface area contributed by atoms with Gasteiger partial charge in [-0.3, -0.25) is 0 Å². The highest BCUT2D eigenvalue weighted by Gasteiger charge is 2.09. The Kier molecular flexibility index (Phi) is 4.22. The second-order valence-electron chi connectivity index (χ2n) is 4.44. The fourth-order valence-corrected chi connectivity index (χ4v) is 1.89. The number of nitrogens with zero attached hydrogens (tertiary/aromatic N) is 3. The molecule has 0 amide bonds. The zero-order valence-electron chi connectivity index (χ0n) is 10.8. The third-order valence-electron chi connectivity index (χ3n) is 2.64. The monoisotopic (exact) mass is 297 g/mol. The van der Waals surface area contributed by atoms with E-state index in [1.165, 1.54) is 5.56 Å². The fourth-order valence-electron chi connectivity index (χ4n) is 1.54. The Balaban J connectivity index is 2.34. The highest BCUT2D eigenvalue weighted by molar-refractivity contribution is 6.31. The second-order valence-corrected chi connectivity index (χ2v) is 5.11. The van der Waals surface area contributed by atoms with Gasteiger partial charge in [-0.15, -0.1) is 0 Å². The van der Waals surface area contributed by atoms with E-state index in [1.807, 2.05) is 19.1 Å². The molecular weight excluding hydrogens is 285 g/mol. The minimum Gasteiger partial charge on any atom is -0.424 e. The standard InChI is InChI=1S/C13H13Cl2N3O/c1-7(2)9-5-4-8(3)10(6-9)19-13-17-11(14)16-12(15)18-13/h4-7H,1-3H3. The van der Waals surface area contributed by atoms with Crippen molar-refractivity contribution in [3.05, 3.63) is 39.9 Å². The van der Waals surface area contributed by atoms with E-state index in [0.717, 1.165) is 5.56 Å². The van der Waals surface area contributed by atoms with Crippen molar-refractivity contribution in [2.45, 2.75) is 26.7 Å². The summed E-state index contributed by atoms with van der Waals surface area (Å²) in [6, 6.07) is 6.12. The number of rotatable bonds is 3. The molecule has 0 saturated carbocycles. The summed E-state index contributed by atoms with van der Waals surface area (Å²) in [5.41, 5.74) is 2.16. The summed E-state index contributed by atoms with van der Waals surface area (Å²) in [6.07, 6.45) is 0. The molecule has 0 saturated heterocycles. The van der Waals surface area contributed by atoms with Crippen LogP contribution in [-0.4, -0.2) is 15.0 Å². The lowest BCUT2D eigenvalue weighted by molar-refractivity contribution is 0.435. The van der Waals surface area contributed by atoms with E-state index in [0.29, 0.717) is 11.7 Å². The van der Waals surface area contributed by atoms with E-state index in [9.17, 15) is 0 Å². The maximum absolute atomic E-state index is 5.71. The minimum atomic E-state index is 0.00710. The van der Waals surface area contributed by atoms with Crippen molar-refractivity contribution in [1.29, 1.82) is 0 Å². The van der Waals surface area contributed by atoms with Crippen LogP contribution in [0, 0.1) is 6.92 Å². The van der Waals surface area contributed by atoms with E-state index in [1.54, 1.807) is 0 Å². The molecule has 0 unspecified atom stereocenters. The molecule has 4 nitrogen and oxygen atoms in total. The average Bonchev–Trinajstić information content (AvgIpc) is 2.30. The summed E-state index contributed by atoms with van der Waals surface area (Å²) in [5, 5.41) is 0.0142. The predicted octanol–water partition coefficient (Wildman–Crippen LogP) is 4.40. The van der Waals surface area contributed by atoms with Gasteiger partial charge < -0.3 is 4.74 Å². The van der Waals surface area contributed by atoms with Crippen LogP contribution in [0.4, 0.5) is 0 Å². The van der Waals surface area contributed by atoms with E-state index >= 15 is 0 Å². The molecule has 19 heavy (non-hydrogen) atoms. The smallest absolute Gasteiger partial charge is 0.327 e. The van der Waals surface area contributed by atoms with Crippen LogP contribution in [-0.2, 0) is 0 Å². The van der Waals surface area contributed by atoms with Crippen LogP contribution in [0.1, 0.15) is 30.9 Å². The summed E-state index contributed by atoms with van der Waals surface area (Å²) in [7, 11) is 0. The molecule has 0 fully saturated rings. The van der Waals surface area contributed by atoms with Gasteiger partial charge in [0.15, 0.2) is 0 Å². The van der Waals surface area contributed by atoms with Gasteiger partial charge in [-0.1, -0.05) is 26.0 Å².